The van der Waals surface area contributed by atoms with Crippen LogP contribution in [0.3, 0.4) is 0 Å². The van der Waals surface area contributed by atoms with Gasteiger partial charge in [-0.15, -0.1) is 0 Å². The Bertz CT molecular complexity index is 368. The van der Waals surface area contributed by atoms with Gasteiger partial charge >= 0.3 is 0 Å². The third-order valence-corrected chi connectivity index (χ3v) is 3.47. The second kappa shape index (κ2) is 4.12. The van der Waals surface area contributed by atoms with Crippen molar-refractivity contribution in [3.05, 3.63) is 29.3 Å². The van der Waals surface area contributed by atoms with Crippen molar-refractivity contribution >= 4 is 5.69 Å². The maximum absolute atomic E-state index is 2.57. The third kappa shape index (κ3) is 2.09. The molecular formula is C15H23N. The summed E-state index contributed by atoms with van der Waals surface area (Å²) in [6.45, 7) is 11.6. The largest absolute Gasteiger partial charge is 0.371 e. The van der Waals surface area contributed by atoms with Gasteiger partial charge in [-0.25, -0.2) is 0 Å². The summed E-state index contributed by atoms with van der Waals surface area (Å²) in [5, 5.41) is 0. The summed E-state index contributed by atoms with van der Waals surface area (Å²) in [6.07, 6.45) is 2.69. The molecule has 0 unspecified atom stereocenters. The normalized spacial score (nSPS) is 16.9. The summed E-state index contributed by atoms with van der Waals surface area (Å²) in [4.78, 5) is 2.57. The first-order valence-electron chi connectivity index (χ1n) is 6.35. The summed E-state index contributed by atoms with van der Waals surface area (Å²) in [7, 11) is 0. The van der Waals surface area contributed by atoms with Crippen molar-refractivity contribution in [2.45, 2.75) is 46.0 Å². The Kier molecular flexibility index (Phi) is 2.96. The topological polar surface area (TPSA) is 3.24 Å². The smallest absolute Gasteiger partial charge is 0.0433 e. The number of rotatable bonds is 1. The van der Waals surface area contributed by atoms with Gasteiger partial charge in [0.05, 0.1) is 0 Å². The minimum Gasteiger partial charge on any atom is -0.371 e. The van der Waals surface area contributed by atoms with E-state index >= 15 is 0 Å². The number of benzene rings is 1. The molecule has 16 heavy (non-hydrogen) atoms. The van der Waals surface area contributed by atoms with E-state index in [0.29, 0.717) is 0 Å². The third-order valence-electron chi connectivity index (χ3n) is 3.47. The van der Waals surface area contributed by atoms with Gasteiger partial charge in [0.1, 0.15) is 0 Å². The summed E-state index contributed by atoms with van der Waals surface area (Å²) in [5.74, 6) is 0. The van der Waals surface area contributed by atoms with Gasteiger partial charge in [-0.05, 0) is 36.3 Å². The lowest BCUT2D eigenvalue weighted by Gasteiger charge is -2.30. The van der Waals surface area contributed by atoms with Crippen LogP contribution in [0.1, 0.15) is 44.7 Å². The Balaban J connectivity index is 2.48. The maximum Gasteiger partial charge on any atom is 0.0433 e. The van der Waals surface area contributed by atoms with E-state index in [1.807, 2.05) is 0 Å². The first kappa shape index (κ1) is 11.5. The van der Waals surface area contributed by atoms with Crippen LogP contribution in [-0.4, -0.2) is 13.1 Å². The van der Waals surface area contributed by atoms with E-state index in [9.17, 15) is 0 Å². The molecule has 1 heterocycles. The van der Waals surface area contributed by atoms with Crippen molar-refractivity contribution in [3.8, 4) is 0 Å². The van der Waals surface area contributed by atoms with E-state index in [4.69, 9.17) is 0 Å². The summed E-state index contributed by atoms with van der Waals surface area (Å²) in [6, 6.07) is 6.72. The second-order valence-corrected chi connectivity index (χ2v) is 5.92. The molecular weight excluding hydrogens is 194 g/mol. The Morgan fingerprint density at radius 1 is 1.06 bits per heavy atom. The summed E-state index contributed by atoms with van der Waals surface area (Å²) in [5.41, 5.74) is 4.65. The molecule has 0 saturated carbocycles. The van der Waals surface area contributed by atoms with Crippen LogP contribution in [0.25, 0.3) is 0 Å². The van der Waals surface area contributed by atoms with Crippen molar-refractivity contribution in [2.75, 3.05) is 18.0 Å². The van der Waals surface area contributed by atoms with E-state index in [1.165, 1.54) is 42.7 Å². The van der Waals surface area contributed by atoms with Gasteiger partial charge in [-0.2, -0.15) is 0 Å². The molecule has 0 spiro atoms. The standard InChI is InChI=1S/C15H23N/c1-12-8-7-9-13(15(2,3)4)14(12)16-10-5-6-11-16/h7-9H,5-6,10-11H2,1-4H3. The van der Waals surface area contributed by atoms with Gasteiger partial charge in [-0.1, -0.05) is 39.0 Å². The Morgan fingerprint density at radius 2 is 1.69 bits per heavy atom. The number of anilines is 1. The first-order chi connectivity index (χ1) is 7.50. The molecule has 1 heteroatoms. The molecule has 1 saturated heterocycles. The fourth-order valence-corrected chi connectivity index (χ4v) is 2.62. The van der Waals surface area contributed by atoms with Crippen LogP contribution in [0.2, 0.25) is 0 Å². The van der Waals surface area contributed by atoms with E-state index in [2.05, 4.69) is 50.8 Å². The summed E-state index contributed by atoms with van der Waals surface area (Å²) >= 11 is 0. The fourth-order valence-electron chi connectivity index (χ4n) is 2.62. The Morgan fingerprint density at radius 3 is 2.25 bits per heavy atom. The zero-order valence-electron chi connectivity index (χ0n) is 11.0. The van der Waals surface area contributed by atoms with E-state index in [0.717, 1.165) is 0 Å². The van der Waals surface area contributed by atoms with Crippen molar-refractivity contribution in [3.63, 3.8) is 0 Å². The van der Waals surface area contributed by atoms with Gasteiger partial charge in [-0.3, -0.25) is 0 Å². The molecule has 1 aromatic carbocycles. The molecule has 0 atom stereocenters. The molecule has 0 aromatic heterocycles. The maximum atomic E-state index is 2.57. The lowest BCUT2D eigenvalue weighted by molar-refractivity contribution is 0.588. The lowest BCUT2D eigenvalue weighted by atomic mass is 9.84. The molecule has 0 aliphatic carbocycles. The van der Waals surface area contributed by atoms with Crippen molar-refractivity contribution < 1.29 is 0 Å². The molecule has 1 aliphatic rings. The van der Waals surface area contributed by atoms with Gasteiger partial charge in [0.25, 0.3) is 0 Å². The monoisotopic (exact) mass is 217 g/mol. The van der Waals surface area contributed by atoms with E-state index in [1.54, 1.807) is 0 Å². The summed E-state index contributed by atoms with van der Waals surface area (Å²) < 4.78 is 0. The lowest BCUT2D eigenvalue weighted by Crippen LogP contribution is -2.24. The zero-order valence-corrected chi connectivity index (χ0v) is 11.0. The minimum absolute atomic E-state index is 0.240. The molecule has 0 amide bonds. The predicted octanol–water partition coefficient (Wildman–Crippen LogP) is 3.89. The Labute approximate surface area is 99.5 Å². The number of nitrogens with zero attached hydrogens (tertiary/aromatic N) is 1. The Hall–Kier alpha value is -0.980. The highest BCUT2D eigenvalue weighted by molar-refractivity contribution is 5.62. The average molecular weight is 217 g/mol. The van der Waals surface area contributed by atoms with E-state index < -0.39 is 0 Å². The molecule has 1 aliphatic heterocycles. The molecule has 0 radical (unpaired) electrons. The highest BCUT2D eigenvalue weighted by Gasteiger charge is 2.23. The van der Waals surface area contributed by atoms with Crippen LogP contribution in [0.15, 0.2) is 18.2 Å². The molecule has 1 fully saturated rings. The van der Waals surface area contributed by atoms with Crippen LogP contribution >= 0.6 is 0 Å². The molecule has 1 aromatic rings. The predicted molar refractivity (Wildman–Crippen MR) is 71.3 cm³/mol. The molecule has 0 N–H and O–H groups in total. The average Bonchev–Trinajstić information content (AvgIpc) is 2.68. The van der Waals surface area contributed by atoms with Gasteiger partial charge in [0.15, 0.2) is 0 Å². The van der Waals surface area contributed by atoms with Crippen LogP contribution < -0.4 is 4.90 Å². The first-order valence-corrected chi connectivity index (χ1v) is 6.35. The van der Waals surface area contributed by atoms with E-state index in [-0.39, 0.29) is 5.41 Å². The van der Waals surface area contributed by atoms with Gasteiger partial charge in [0.2, 0.25) is 0 Å². The van der Waals surface area contributed by atoms with Crippen LogP contribution in [-0.2, 0) is 5.41 Å². The van der Waals surface area contributed by atoms with Gasteiger partial charge in [0, 0.05) is 18.8 Å². The molecule has 0 bridgehead atoms. The molecule has 88 valence electrons. The SMILES string of the molecule is Cc1cccc(C(C)(C)C)c1N1CCCC1. The van der Waals surface area contributed by atoms with Gasteiger partial charge < -0.3 is 4.90 Å². The zero-order chi connectivity index (χ0) is 11.8. The van der Waals surface area contributed by atoms with Crippen LogP contribution in [0.5, 0.6) is 0 Å². The van der Waals surface area contributed by atoms with Crippen LogP contribution in [0, 0.1) is 6.92 Å². The number of aryl methyl sites for hydroxylation is 1. The number of hydrogen-bond acceptors (Lipinski definition) is 1. The quantitative estimate of drug-likeness (QED) is 0.689. The minimum atomic E-state index is 0.240. The highest BCUT2D eigenvalue weighted by atomic mass is 15.1. The molecule has 2 rings (SSSR count). The number of para-hydroxylation sites is 1. The van der Waals surface area contributed by atoms with Crippen molar-refractivity contribution in [1.29, 1.82) is 0 Å². The van der Waals surface area contributed by atoms with Crippen molar-refractivity contribution in [1.82, 2.24) is 0 Å². The second-order valence-electron chi connectivity index (χ2n) is 5.92. The van der Waals surface area contributed by atoms with Crippen LogP contribution in [0.4, 0.5) is 5.69 Å². The van der Waals surface area contributed by atoms with Crippen molar-refractivity contribution in [2.24, 2.45) is 0 Å². The fraction of sp³-hybridized carbons (Fsp3) is 0.600. The number of hydrogen-bond donors (Lipinski definition) is 0. The highest BCUT2D eigenvalue weighted by Crippen LogP contribution is 2.35. The molecule has 1 nitrogen and oxygen atoms in total.